The summed E-state index contributed by atoms with van der Waals surface area (Å²) in [7, 11) is 1.46. The first-order chi connectivity index (χ1) is 3.81. The predicted molar refractivity (Wildman–Crippen MR) is 32.4 cm³/mol. The van der Waals surface area contributed by atoms with Crippen molar-refractivity contribution in [1.29, 1.82) is 0 Å². The molecule has 2 nitrogen and oxygen atoms in total. The van der Waals surface area contributed by atoms with Crippen LogP contribution >= 0.6 is 0 Å². The lowest BCUT2D eigenvalue weighted by atomic mass is 10.4. The van der Waals surface area contributed by atoms with E-state index in [9.17, 15) is 0 Å². The second-order valence-electron chi connectivity index (χ2n) is 1.46. The van der Waals surface area contributed by atoms with E-state index in [4.69, 9.17) is 5.11 Å². The van der Waals surface area contributed by atoms with Gasteiger partial charge in [0.05, 0.1) is 0 Å². The second-order valence-corrected chi connectivity index (χ2v) is 1.46. The highest BCUT2D eigenvalue weighted by molar-refractivity contribution is 4.82. The van der Waals surface area contributed by atoms with Crippen LogP contribution in [0, 0.1) is 0 Å². The third-order valence-corrected chi connectivity index (χ3v) is 0.778. The molecule has 0 amide bonds. The van der Waals surface area contributed by atoms with Crippen molar-refractivity contribution in [3.63, 3.8) is 0 Å². The van der Waals surface area contributed by atoms with E-state index in [2.05, 4.69) is 4.74 Å². The Morgan fingerprint density at radius 1 is 1.75 bits per heavy atom. The van der Waals surface area contributed by atoms with Crippen LogP contribution in [0.3, 0.4) is 0 Å². The molecular formula is C6H12O2. The Morgan fingerprint density at radius 2 is 2.38 bits per heavy atom. The van der Waals surface area contributed by atoms with E-state index in [1.165, 1.54) is 7.11 Å². The van der Waals surface area contributed by atoms with Gasteiger partial charge >= 0.3 is 0 Å². The minimum absolute atomic E-state index is 0.727. The van der Waals surface area contributed by atoms with E-state index in [0.29, 0.717) is 0 Å². The fourth-order valence-corrected chi connectivity index (χ4v) is 0.331. The molecule has 0 aliphatic heterocycles. The lowest BCUT2D eigenvalue weighted by Crippen LogP contribution is -2.03. The molecule has 0 bridgehead atoms. The van der Waals surface area contributed by atoms with Crippen LogP contribution in [0.4, 0.5) is 0 Å². The van der Waals surface area contributed by atoms with Crippen LogP contribution in [-0.2, 0) is 4.74 Å². The highest BCUT2D eigenvalue weighted by Gasteiger charge is 1.88. The molecule has 0 aliphatic carbocycles. The van der Waals surface area contributed by atoms with Crippen molar-refractivity contribution in [1.82, 2.24) is 0 Å². The molecule has 8 heavy (non-hydrogen) atoms. The van der Waals surface area contributed by atoms with Crippen LogP contribution in [-0.4, -0.2) is 18.5 Å². The van der Waals surface area contributed by atoms with Gasteiger partial charge in [-0.3, -0.25) is 0 Å². The molecule has 0 aromatic carbocycles. The molecule has 2 heteroatoms. The molecule has 1 N–H and O–H groups in total. The van der Waals surface area contributed by atoms with Crippen LogP contribution in [0.25, 0.3) is 0 Å². The maximum atomic E-state index is 8.68. The summed E-state index contributed by atoms with van der Waals surface area (Å²) in [6, 6.07) is 0. The fraction of sp³-hybridized carbons (Fsp3) is 0.667. The van der Waals surface area contributed by atoms with Crippen LogP contribution in [0.2, 0.25) is 0 Å². The van der Waals surface area contributed by atoms with E-state index < -0.39 is 6.29 Å². The fourth-order valence-electron chi connectivity index (χ4n) is 0.331. The quantitative estimate of drug-likeness (QED) is 0.439. The van der Waals surface area contributed by atoms with Crippen LogP contribution in [0.5, 0.6) is 0 Å². The Morgan fingerprint density at radius 3 is 2.75 bits per heavy atom. The molecule has 0 saturated heterocycles. The monoisotopic (exact) mass is 116 g/mol. The number of aliphatic hydroxyl groups excluding tert-OH is 1. The van der Waals surface area contributed by atoms with Crippen molar-refractivity contribution < 1.29 is 9.84 Å². The largest absolute Gasteiger partial charge is 0.365 e. The molecular weight excluding hydrogens is 104 g/mol. The van der Waals surface area contributed by atoms with Gasteiger partial charge in [-0.05, 0) is 12.5 Å². The third-order valence-electron chi connectivity index (χ3n) is 0.778. The maximum Gasteiger partial charge on any atom is 0.173 e. The SMILES string of the molecule is CCC=CC(O)OC. The zero-order chi connectivity index (χ0) is 6.41. The van der Waals surface area contributed by atoms with Gasteiger partial charge in [-0.1, -0.05) is 13.0 Å². The summed E-state index contributed by atoms with van der Waals surface area (Å²) in [6.07, 6.45) is 3.67. The predicted octanol–water partition coefficient (Wildman–Crippen LogP) is 0.917. The number of ether oxygens (including phenoxy) is 1. The summed E-state index contributed by atoms with van der Waals surface area (Å²) in [5.74, 6) is 0. The third kappa shape index (κ3) is 3.84. The number of allylic oxidation sites excluding steroid dienone is 1. The standard InChI is InChI=1S/C6H12O2/c1-3-4-5-6(7)8-2/h4-7H,3H2,1-2H3. The van der Waals surface area contributed by atoms with Crippen LogP contribution in [0.15, 0.2) is 12.2 Å². The van der Waals surface area contributed by atoms with E-state index in [1.54, 1.807) is 6.08 Å². The van der Waals surface area contributed by atoms with Crippen molar-refractivity contribution in [2.75, 3.05) is 7.11 Å². The number of rotatable bonds is 3. The van der Waals surface area contributed by atoms with Gasteiger partial charge in [0.25, 0.3) is 0 Å². The molecule has 0 spiro atoms. The van der Waals surface area contributed by atoms with Crippen molar-refractivity contribution >= 4 is 0 Å². The van der Waals surface area contributed by atoms with E-state index >= 15 is 0 Å². The van der Waals surface area contributed by atoms with E-state index in [1.807, 2.05) is 13.0 Å². The zero-order valence-electron chi connectivity index (χ0n) is 5.29. The first-order valence-corrected chi connectivity index (χ1v) is 2.68. The normalized spacial score (nSPS) is 14.9. The van der Waals surface area contributed by atoms with Crippen LogP contribution < -0.4 is 0 Å². The van der Waals surface area contributed by atoms with E-state index in [0.717, 1.165) is 6.42 Å². The Kier molecular flexibility index (Phi) is 4.61. The summed E-state index contributed by atoms with van der Waals surface area (Å²) >= 11 is 0. The number of methoxy groups -OCH3 is 1. The average Bonchev–Trinajstić information content (AvgIpc) is 1.83. The van der Waals surface area contributed by atoms with Crippen molar-refractivity contribution in [3.8, 4) is 0 Å². The second kappa shape index (κ2) is 4.81. The van der Waals surface area contributed by atoms with Gasteiger partial charge in [-0.15, -0.1) is 0 Å². The van der Waals surface area contributed by atoms with Crippen molar-refractivity contribution in [2.24, 2.45) is 0 Å². The molecule has 0 aliphatic rings. The molecule has 48 valence electrons. The van der Waals surface area contributed by atoms with Crippen LogP contribution in [0.1, 0.15) is 13.3 Å². The summed E-state index contributed by atoms with van der Waals surface area (Å²) in [4.78, 5) is 0. The lowest BCUT2D eigenvalue weighted by molar-refractivity contribution is -0.0357. The first-order valence-electron chi connectivity index (χ1n) is 2.68. The molecule has 0 fully saturated rings. The molecule has 1 atom stereocenters. The number of hydrogen-bond donors (Lipinski definition) is 1. The Labute approximate surface area is 49.8 Å². The van der Waals surface area contributed by atoms with Crippen molar-refractivity contribution in [3.05, 3.63) is 12.2 Å². The highest BCUT2D eigenvalue weighted by Crippen LogP contribution is 1.87. The van der Waals surface area contributed by atoms with Gasteiger partial charge in [-0.2, -0.15) is 0 Å². The molecule has 0 heterocycles. The zero-order valence-corrected chi connectivity index (χ0v) is 5.29. The number of aliphatic hydroxyl groups is 1. The first kappa shape index (κ1) is 7.66. The minimum atomic E-state index is -0.727. The van der Waals surface area contributed by atoms with Gasteiger partial charge in [0.2, 0.25) is 0 Å². The topological polar surface area (TPSA) is 29.5 Å². The highest BCUT2D eigenvalue weighted by atomic mass is 16.6. The number of hydrogen-bond acceptors (Lipinski definition) is 2. The average molecular weight is 116 g/mol. The van der Waals surface area contributed by atoms with E-state index in [-0.39, 0.29) is 0 Å². The summed E-state index contributed by atoms with van der Waals surface area (Å²) in [5, 5.41) is 8.68. The minimum Gasteiger partial charge on any atom is -0.365 e. The molecule has 0 aromatic heterocycles. The van der Waals surface area contributed by atoms with Gasteiger partial charge in [0, 0.05) is 7.11 Å². The Balaban J connectivity index is 3.21. The molecule has 0 rings (SSSR count). The summed E-state index contributed by atoms with van der Waals surface area (Å²) < 4.78 is 4.52. The molecule has 0 aromatic rings. The smallest absolute Gasteiger partial charge is 0.173 e. The van der Waals surface area contributed by atoms with Gasteiger partial charge in [-0.25, -0.2) is 0 Å². The Hall–Kier alpha value is -0.340. The molecule has 0 saturated carbocycles. The Bertz CT molecular complexity index is 68.9. The van der Waals surface area contributed by atoms with Gasteiger partial charge in [0.15, 0.2) is 6.29 Å². The summed E-state index contributed by atoms with van der Waals surface area (Å²) in [5.41, 5.74) is 0. The summed E-state index contributed by atoms with van der Waals surface area (Å²) in [6.45, 7) is 2.00. The van der Waals surface area contributed by atoms with Crippen molar-refractivity contribution in [2.45, 2.75) is 19.6 Å². The lowest BCUT2D eigenvalue weighted by Gasteiger charge is -1.98. The molecule has 0 radical (unpaired) electrons. The van der Waals surface area contributed by atoms with Gasteiger partial charge in [0.1, 0.15) is 0 Å². The molecule has 1 unspecified atom stereocenters. The maximum absolute atomic E-state index is 8.68. The van der Waals surface area contributed by atoms with Gasteiger partial charge < -0.3 is 9.84 Å².